The van der Waals surface area contributed by atoms with Crippen LogP contribution >= 0.6 is 0 Å². The van der Waals surface area contributed by atoms with E-state index in [0.29, 0.717) is 36.9 Å². The number of carbonyl (C=O) groups is 1. The first-order valence-electron chi connectivity index (χ1n) is 8.84. The number of anilines is 1. The van der Waals surface area contributed by atoms with E-state index in [9.17, 15) is 4.79 Å². The summed E-state index contributed by atoms with van der Waals surface area (Å²) in [6, 6.07) is 8.71. The molecule has 0 radical (unpaired) electrons. The van der Waals surface area contributed by atoms with Crippen molar-refractivity contribution in [1.29, 1.82) is 0 Å². The van der Waals surface area contributed by atoms with E-state index in [0.717, 1.165) is 18.8 Å². The molecule has 8 nitrogen and oxygen atoms in total. The van der Waals surface area contributed by atoms with Crippen LogP contribution in [-0.2, 0) is 4.74 Å². The second kappa shape index (κ2) is 9.29. The summed E-state index contributed by atoms with van der Waals surface area (Å²) in [4.78, 5) is 14.7. The summed E-state index contributed by atoms with van der Waals surface area (Å²) in [5.74, 6) is 1.85. The first-order valence-corrected chi connectivity index (χ1v) is 8.84. The maximum atomic E-state index is 12.4. The van der Waals surface area contributed by atoms with Gasteiger partial charge in [-0.05, 0) is 24.3 Å². The predicted octanol–water partition coefficient (Wildman–Crippen LogP) is 2.49. The van der Waals surface area contributed by atoms with Crippen LogP contribution in [0.4, 0.5) is 10.5 Å². The standard InChI is InChI=1S/C19H25N3O5/c1-24-17-6-3-5-14(18(17)25-2)21-19(23)20-13-15(16-7-4-10-27-16)22-8-11-26-12-9-22/h3-7,10,15H,8-9,11-13H2,1-2H3,(H2,20,21,23). The van der Waals surface area contributed by atoms with Gasteiger partial charge in [0.05, 0.1) is 45.4 Å². The fraction of sp³-hybridized carbons (Fsp3) is 0.421. The van der Waals surface area contributed by atoms with Gasteiger partial charge in [-0.25, -0.2) is 4.79 Å². The van der Waals surface area contributed by atoms with Gasteiger partial charge in [-0.2, -0.15) is 0 Å². The van der Waals surface area contributed by atoms with Gasteiger partial charge in [0, 0.05) is 19.6 Å². The number of rotatable bonds is 7. The number of nitrogens with zero attached hydrogens (tertiary/aromatic N) is 1. The number of ether oxygens (including phenoxy) is 3. The molecule has 0 spiro atoms. The van der Waals surface area contributed by atoms with Crippen LogP contribution in [0.1, 0.15) is 11.8 Å². The van der Waals surface area contributed by atoms with Crippen molar-refractivity contribution in [3.8, 4) is 11.5 Å². The molecule has 0 bridgehead atoms. The van der Waals surface area contributed by atoms with Crippen molar-refractivity contribution in [2.24, 2.45) is 0 Å². The Morgan fingerprint density at radius 1 is 1.19 bits per heavy atom. The van der Waals surface area contributed by atoms with Gasteiger partial charge in [0.25, 0.3) is 0 Å². The largest absolute Gasteiger partial charge is 0.493 e. The van der Waals surface area contributed by atoms with Crippen molar-refractivity contribution in [3.05, 3.63) is 42.4 Å². The lowest BCUT2D eigenvalue weighted by Gasteiger charge is -2.33. The topological polar surface area (TPSA) is 85.2 Å². The van der Waals surface area contributed by atoms with Gasteiger partial charge in [-0.15, -0.1) is 0 Å². The highest BCUT2D eigenvalue weighted by Crippen LogP contribution is 2.34. The molecule has 1 atom stereocenters. The highest BCUT2D eigenvalue weighted by molar-refractivity contribution is 5.91. The third-order valence-corrected chi connectivity index (χ3v) is 4.47. The van der Waals surface area contributed by atoms with Gasteiger partial charge in [-0.1, -0.05) is 6.07 Å². The Morgan fingerprint density at radius 2 is 2.00 bits per heavy atom. The maximum Gasteiger partial charge on any atom is 0.319 e. The van der Waals surface area contributed by atoms with E-state index in [1.165, 1.54) is 7.11 Å². The molecule has 2 aromatic rings. The minimum absolute atomic E-state index is 0.0538. The number of methoxy groups -OCH3 is 2. The van der Waals surface area contributed by atoms with E-state index in [4.69, 9.17) is 18.6 Å². The molecule has 2 amide bonds. The van der Waals surface area contributed by atoms with Gasteiger partial charge in [-0.3, -0.25) is 4.90 Å². The zero-order chi connectivity index (χ0) is 19.1. The van der Waals surface area contributed by atoms with Crippen LogP contribution in [0.25, 0.3) is 0 Å². The van der Waals surface area contributed by atoms with Gasteiger partial charge < -0.3 is 29.3 Å². The highest BCUT2D eigenvalue weighted by atomic mass is 16.5. The van der Waals surface area contributed by atoms with Crippen molar-refractivity contribution >= 4 is 11.7 Å². The third-order valence-electron chi connectivity index (χ3n) is 4.47. The van der Waals surface area contributed by atoms with Crippen LogP contribution in [0.3, 0.4) is 0 Å². The van der Waals surface area contributed by atoms with Crippen molar-refractivity contribution in [2.75, 3.05) is 52.4 Å². The first-order chi connectivity index (χ1) is 13.2. The summed E-state index contributed by atoms with van der Waals surface area (Å²) in [5.41, 5.74) is 0.537. The van der Waals surface area contributed by atoms with Crippen molar-refractivity contribution < 1.29 is 23.4 Å². The Morgan fingerprint density at radius 3 is 2.67 bits per heavy atom. The van der Waals surface area contributed by atoms with Crippen LogP contribution in [-0.4, -0.2) is 58.0 Å². The zero-order valence-corrected chi connectivity index (χ0v) is 15.6. The number of furan rings is 1. The molecule has 3 rings (SSSR count). The molecule has 27 heavy (non-hydrogen) atoms. The molecule has 1 saturated heterocycles. The minimum atomic E-state index is -0.327. The molecular formula is C19H25N3O5. The fourth-order valence-corrected chi connectivity index (χ4v) is 3.12. The van der Waals surface area contributed by atoms with Crippen LogP contribution in [0, 0.1) is 0 Å². The monoisotopic (exact) mass is 375 g/mol. The molecule has 0 saturated carbocycles. The van der Waals surface area contributed by atoms with E-state index in [1.807, 2.05) is 12.1 Å². The maximum absolute atomic E-state index is 12.4. The summed E-state index contributed by atoms with van der Waals surface area (Å²) in [7, 11) is 3.09. The first kappa shape index (κ1) is 19.1. The zero-order valence-electron chi connectivity index (χ0n) is 15.6. The highest BCUT2D eigenvalue weighted by Gasteiger charge is 2.25. The lowest BCUT2D eigenvalue weighted by atomic mass is 10.1. The summed E-state index contributed by atoms with van der Waals surface area (Å²) < 4.78 is 21.6. The van der Waals surface area contributed by atoms with Gasteiger partial charge in [0.15, 0.2) is 11.5 Å². The normalized spacial score (nSPS) is 15.8. The molecule has 1 aromatic carbocycles. The van der Waals surface area contributed by atoms with Gasteiger partial charge >= 0.3 is 6.03 Å². The predicted molar refractivity (Wildman–Crippen MR) is 100 cm³/mol. The minimum Gasteiger partial charge on any atom is -0.493 e. The van der Waals surface area contributed by atoms with Gasteiger partial charge in [0.2, 0.25) is 0 Å². The van der Waals surface area contributed by atoms with Crippen molar-refractivity contribution in [1.82, 2.24) is 10.2 Å². The van der Waals surface area contributed by atoms with E-state index in [2.05, 4.69) is 15.5 Å². The van der Waals surface area contributed by atoms with E-state index >= 15 is 0 Å². The molecular weight excluding hydrogens is 350 g/mol. The summed E-state index contributed by atoms with van der Waals surface area (Å²) in [6.07, 6.45) is 1.64. The number of urea groups is 1. The molecule has 1 fully saturated rings. The number of para-hydroxylation sites is 1. The average Bonchev–Trinajstić information content (AvgIpc) is 3.23. The van der Waals surface area contributed by atoms with E-state index in [-0.39, 0.29) is 12.1 Å². The Labute approximate surface area is 158 Å². The number of carbonyl (C=O) groups excluding carboxylic acids is 1. The van der Waals surface area contributed by atoms with Crippen LogP contribution in [0.15, 0.2) is 41.0 Å². The Hall–Kier alpha value is -2.71. The number of nitrogens with one attached hydrogen (secondary N) is 2. The average molecular weight is 375 g/mol. The van der Waals surface area contributed by atoms with Gasteiger partial charge in [0.1, 0.15) is 5.76 Å². The van der Waals surface area contributed by atoms with E-state index < -0.39 is 0 Å². The molecule has 1 aliphatic heterocycles. The van der Waals surface area contributed by atoms with Crippen LogP contribution < -0.4 is 20.1 Å². The van der Waals surface area contributed by atoms with Crippen LogP contribution in [0.2, 0.25) is 0 Å². The lowest BCUT2D eigenvalue weighted by Crippen LogP contribution is -2.44. The Kier molecular flexibility index (Phi) is 6.56. The Balaban J connectivity index is 1.64. The third kappa shape index (κ3) is 4.72. The molecule has 1 aliphatic rings. The molecule has 1 aromatic heterocycles. The SMILES string of the molecule is COc1cccc(NC(=O)NCC(c2ccco2)N2CCOCC2)c1OC. The fourth-order valence-electron chi connectivity index (χ4n) is 3.12. The van der Waals surface area contributed by atoms with E-state index in [1.54, 1.807) is 31.6 Å². The summed E-state index contributed by atoms with van der Waals surface area (Å²) in [6.45, 7) is 3.33. The van der Waals surface area contributed by atoms with Crippen molar-refractivity contribution in [2.45, 2.75) is 6.04 Å². The summed E-state index contributed by atoms with van der Waals surface area (Å²) >= 11 is 0. The lowest BCUT2D eigenvalue weighted by molar-refractivity contribution is 0.0124. The second-order valence-corrected chi connectivity index (χ2v) is 6.06. The van der Waals surface area contributed by atoms with Crippen molar-refractivity contribution in [3.63, 3.8) is 0 Å². The molecule has 8 heteroatoms. The molecule has 2 heterocycles. The molecule has 146 valence electrons. The molecule has 2 N–H and O–H groups in total. The number of morpholine rings is 1. The number of amides is 2. The summed E-state index contributed by atoms with van der Waals surface area (Å²) in [5, 5.41) is 5.73. The molecule has 1 unspecified atom stereocenters. The second-order valence-electron chi connectivity index (χ2n) is 6.06. The number of hydrogen-bond donors (Lipinski definition) is 2. The Bertz CT molecular complexity index is 729. The number of benzene rings is 1. The number of hydrogen-bond acceptors (Lipinski definition) is 6. The molecule has 0 aliphatic carbocycles. The quantitative estimate of drug-likeness (QED) is 0.773. The van der Waals surface area contributed by atoms with Crippen LogP contribution in [0.5, 0.6) is 11.5 Å². The smallest absolute Gasteiger partial charge is 0.319 e.